The summed E-state index contributed by atoms with van der Waals surface area (Å²) in [5.41, 5.74) is 0.938. The summed E-state index contributed by atoms with van der Waals surface area (Å²) < 4.78 is 5.46. The molecule has 0 saturated carbocycles. The van der Waals surface area contributed by atoms with Crippen LogP contribution in [-0.2, 0) is 5.75 Å². The van der Waals surface area contributed by atoms with Crippen LogP contribution in [0.3, 0.4) is 0 Å². The van der Waals surface area contributed by atoms with E-state index >= 15 is 0 Å². The summed E-state index contributed by atoms with van der Waals surface area (Å²) >= 11 is 1.60. The molecule has 18 heavy (non-hydrogen) atoms. The maximum absolute atomic E-state index is 10.8. The molecule has 0 spiro atoms. The van der Waals surface area contributed by atoms with Crippen LogP contribution in [0.15, 0.2) is 18.2 Å². The van der Waals surface area contributed by atoms with E-state index in [1.165, 1.54) is 6.07 Å². The van der Waals surface area contributed by atoms with Crippen LogP contribution < -0.4 is 4.74 Å². The van der Waals surface area contributed by atoms with Crippen molar-refractivity contribution in [2.75, 3.05) is 19.5 Å². The smallest absolute Gasteiger partial charge is 0.273 e. The highest BCUT2D eigenvalue weighted by Crippen LogP contribution is 2.25. The molecule has 6 heteroatoms. The maximum Gasteiger partial charge on any atom is 0.273 e. The van der Waals surface area contributed by atoms with Gasteiger partial charge in [0.2, 0.25) is 0 Å². The van der Waals surface area contributed by atoms with Crippen LogP contribution >= 0.6 is 11.8 Å². The van der Waals surface area contributed by atoms with Crippen molar-refractivity contribution in [3.63, 3.8) is 0 Å². The van der Waals surface area contributed by atoms with Gasteiger partial charge < -0.3 is 9.84 Å². The Kier molecular flexibility index (Phi) is 6.53. The summed E-state index contributed by atoms with van der Waals surface area (Å²) in [5.74, 6) is 1.24. The molecule has 0 bridgehead atoms. The number of aliphatic hydroxyl groups excluding tert-OH is 1. The Morgan fingerprint density at radius 1 is 1.39 bits per heavy atom. The first kappa shape index (κ1) is 14.8. The third kappa shape index (κ3) is 4.93. The minimum absolute atomic E-state index is 0.0544. The van der Waals surface area contributed by atoms with E-state index < -0.39 is 4.92 Å². The largest absolute Gasteiger partial charge is 0.493 e. The molecule has 0 unspecified atom stereocenters. The topological polar surface area (TPSA) is 72.6 Å². The van der Waals surface area contributed by atoms with E-state index in [-0.39, 0.29) is 12.3 Å². The van der Waals surface area contributed by atoms with Gasteiger partial charge in [0.15, 0.2) is 0 Å². The summed E-state index contributed by atoms with van der Waals surface area (Å²) in [4.78, 5) is 10.4. The molecule has 0 aliphatic rings. The van der Waals surface area contributed by atoms with Crippen LogP contribution in [0.25, 0.3) is 0 Å². The van der Waals surface area contributed by atoms with E-state index in [9.17, 15) is 10.1 Å². The number of ether oxygens (including phenoxy) is 1. The summed E-state index contributed by atoms with van der Waals surface area (Å²) in [6.45, 7) is 0.594. The van der Waals surface area contributed by atoms with Crippen molar-refractivity contribution in [3.05, 3.63) is 33.9 Å². The van der Waals surface area contributed by atoms with Crippen molar-refractivity contribution >= 4 is 17.4 Å². The number of nitro benzene ring substituents is 1. The number of nitrogens with zero attached hydrogens (tertiary/aromatic N) is 1. The zero-order valence-corrected chi connectivity index (χ0v) is 11.1. The van der Waals surface area contributed by atoms with Gasteiger partial charge in [0.05, 0.1) is 17.6 Å². The molecule has 1 aromatic rings. The van der Waals surface area contributed by atoms with E-state index in [1.807, 2.05) is 12.3 Å². The summed E-state index contributed by atoms with van der Waals surface area (Å²) in [6.07, 6.45) is 3.35. The van der Waals surface area contributed by atoms with Crippen LogP contribution in [-0.4, -0.2) is 29.5 Å². The second-order valence-corrected chi connectivity index (χ2v) is 4.67. The van der Waals surface area contributed by atoms with Gasteiger partial charge in [-0.05, 0) is 30.7 Å². The Bertz CT molecular complexity index is 398. The van der Waals surface area contributed by atoms with Crippen LogP contribution in [0.5, 0.6) is 5.75 Å². The summed E-state index contributed by atoms with van der Waals surface area (Å²) in [6, 6.07) is 4.82. The Morgan fingerprint density at radius 3 is 2.78 bits per heavy atom. The molecule has 100 valence electrons. The van der Waals surface area contributed by atoms with Gasteiger partial charge in [-0.1, -0.05) is 0 Å². The second kappa shape index (κ2) is 7.94. The SMILES string of the molecule is CSCc1cc(OCCCCO)cc([N+](=O)[O-])c1. The number of aliphatic hydroxyl groups is 1. The summed E-state index contributed by atoms with van der Waals surface area (Å²) in [7, 11) is 0. The predicted molar refractivity (Wildman–Crippen MR) is 72.1 cm³/mol. The Morgan fingerprint density at radius 2 is 2.17 bits per heavy atom. The van der Waals surface area contributed by atoms with Crippen LogP contribution in [0.2, 0.25) is 0 Å². The van der Waals surface area contributed by atoms with E-state index in [0.29, 0.717) is 24.5 Å². The number of rotatable bonds is 8. The first-order valence-corrected chi connectivity index (χ1v) is 7.07. The molecule has 0 fully saturated rings. The number of hydrogen-bond acceptors (Lipinski definition) is 5. The highest BCUT2D eigenvalue weighted by molar-refractivity contribution is 7.97. The lowest BCUT2D eigenvalue weighted by Crippen LogP contribution is -2.00. The van der Waals surface area contributed by atoms with Gasteiger partial charge in [0.1, 0.15) is 5.75 Å². The first-order valence-electron chi connectivity index (χ1n) is 5.68. The molecule has 0 heterocycles. The number of benzene rings is 1. The van der Waals surface area contributed by atoms with Gasteiger partial charge in [-0.15, -0.1) is 0 Å². The molecule has 1 aromatic carbocycles. The zero-order chi connectivity index (χ0) is 13.4. The average molecular weight is 271 g/mol. The van der Waals surface area contributed by atoms with Crippen LogP contribution in [0.1, 0.15) is 18.4 Å². The molecule has 0 atom stereocenters. The highest BCUT2D eigenvalue weighted by Gasteiger charge is 2.10. The van der Waals surface area contributed by atoms with Crippen LogP contribution in [0.4, 0.5) is 5.69 Å². The lowest BCUT2D eigenvalue weighted by atomic mass is 10.2. The highest BCUT2D eigenvalue weighted by atomic mass is 32.2. The quantitative estimate of drug-likeness (QED) is 0.447. The van der Waals surface area contributed by atoms with Crippen molar-refractivity contribution < 1.29 is 14.8 Å². The molecule has 0 aliphatic carbocycles. The minimum Gasteiger partial charge on any atom is -0.493 e. The van der Waals surface area contributed by atoms with E-state index in [2.05, 4.69) is 0 Å². The van der Waals surface area contributed by atoms with Gasteiger partial charge >= 0.3 is 0 Å². The standard InChI is InChI=1S/C12H17NO4S/c1-18-9-10-6-11(13(15)16)8-12(7-10)17-5-3-2-4-14/h6-8,14H,2-5,9H2,1H3. The van der Waals surface area contributed by atoms with Gasteiger partial charge in [-0.25, -0.2) is 0 Å². The van der Waals surface area contributed by atoms with Crippen LogP contribution in [0, 0.1) is 10.1 Å². The Labute approximate surface area is 110 Å². The molecule has 1 rings (SSSR count). The molecule has 0 aliphatic heterocycles. The van der Waals surface area contributed by atoms with Crippen molar-refractivity contribution in [3.8, 4) is 5.75 Å². The van der Waals surface area contributed by atoms with Crippen molar-refractivity contribution in [2.45, 2.75) is 18.6 Å². The van der Waals surface area contributed by atoms with Crippen molar-refractivity contribution in [1.82, 2.24) is 0 Å². The first-order chi connectivity index (χ1) is 8.67. The van der Waals surface area contributed by atoms with Crippen molar-refractivity contribution in [1.29, 1.82) is 0 Å². The third-order valence-corrected chi connectivity index (χ3v) is 2.92. The van der Waals surface area contributed by atoms with E-state index in [1.54, 1.807) is 17.8 Å². The number of non-ortho nitro benzene ring substituents is 1. The third-order valence-electron chi connectivity index (χ3n) is 2.29. The normalized spacial score (nSPS) is 10.3. The minimum atomic E-state index is -0.412. The lowest BCUT2D eigenvalue weighted by molar-refractivity contribution is -0.385. The summed E-state index contributed by atoms with van der Waals surface area (Å²) in [5, 5.41) is 19.4. The van der Waals surface area contributed by atoms with Gasteiger partial charge in [-0.2, -0.15) is 11.8 Å². The molecule has 5 nitrogen and oxygen atoms in total. The number of nitro groups is 1. The predicted octanol–water partition coefficient (Wildman–Crippen LogP) is 2.61. The monoisotopic (exact) mass is 271 g/mol. The maximum atomic E-state index is 10.8. The molecule has 0 aromatic heterocycles. The fourth-order valence-corrected chi connectivity index (χ4v) is 1.99. The lowest BCUT2D eigenvalue weighted by Gasteiger charge is -2.07. The number of hydrogen-bond donors (Lipinski definition) is 1. The average Bonchev–Trinajstić information content (AvgIpc) is 2.35. The Balaban J connectivity index is 2.72. The van der Waals surface area contributed by atoms with Crippen molar-refractivity contribution in [2.24, 2.45) is 0 Å². The number of unbranched alkanes of at least 4 members (excludes halogenated alkanes) is 1. The van der Waals surface area contributed by atoms with Gasteiger partial charge in [0, 0.05) is 18.4 Å². The molecule has 1 N–H and O–H groups in total. The fraction of sp³-hybridized carbons (Fsp3) is 0.500. The zero-order valence-electron chi connectivity index (χ0n) is 10.3. The molecule has 0 amide bonds. The second-order valence-electron chi connectivity index (χ2n) is 3.80. The Hall–Kier alpha value is -1.27. The fourth-order valence-electron chi connectivity index (χ4n) is 1.49. The van der Waals surface area contributed by atoms with Gasteiger partial charge in [0.25, 0.3) is 5.69 Å². The van der Waals surface area contributed by atoms with E-state index in [4.69, 9.17) is 9.84 Å². The molecular weight excluding hydrogens is 254 g/mol. The molecular formula is C12H17NO4S. The molecule has 0 saturated heterocycles. The molecule has 0 radical (unpaired) electrons. The van der Waals surface area contributed by atoms with Gasteiger partial charge in [-0.3, -0.25) is 10.1 Å². The number of thioether (sulfide) groups is 1. The van der Waals surface area contributed by atoms with E-state index in [0.717, 1.165) is 12.0 Å².